The normalized spacial score (nSPS) is 21.9. The molecule has 1 amide bonds. The standard InChI is InChI=1S/C28H42N4O5/c1-19(2)31-23-8-6-7-9-24(23)32(27(31)35)26(34)29-17-20-10-13-30(14-11-20)18-22-16-21(12-15-36-22)25(33)37-28(3,4)5/h6-9,19-22H,10-18H2,1-5H3,(H,29,34). The number of likely N-dealkylation sites (tertiary alicyclic amines) is 1. The lowest BCUT2D eigenvalue weighted by molar-refractivity contribution is -0.165. The van der Waals surface area contributed by atoms with Crippen molar-refractivity contribution in [2.45, 2.75) is 78.0 Å². The zero-order chi connectivity index (χ0) is 26.7. The fourth-order valence-corrected chi connectivity index (χ4v) is 5.44. The number of benzene rings is 1. The number of para-hydroxylation sites is 2. The van der Waals surface area contributed by atoms with Gasteiger partial charge in [0.15, 0.2) is 0 Å². The van der Waals surface area contributed by atoms with Crippen molar-refractivity contribution >= 4 is 23.0 Å². The molecule has 0 aliphatic carbocycles. The zero-order valence-electron chi connectivity index (χ0n) is 22.9. The summed E-state index contributed by atoms with van der Waals surface area (Å²) in [4.78, 5) is 40.9. The highest BCUT2D eigenvalue weighted by molar-refractivity contribution is 5.89. The summed E-state index contributed by atoms with van der Waals surface area (Å²) < 4.78 is 14.5. The molecule has 204 valence electrons. The number of aromatic nitrogens is 2. The maximum atomic E-state index is 13.0. The second kappa shape index (κ2) is 11.4. The molecule has 1 aromatic heterocycles. The van der Waals surface area contributed by atoms with Crippen LogP contribution in [-0.2, 0) is 14.3 Å². The summed E-state index contributed by atoms with van der Waals surface area (Å²) in [6.45, 7) is 13.4. The molecule has 2 aliphatic heterocycles. The SMILES string of the molecule is CC(C)n1c(=O)n(C(=O)NCC2CCN(CC3CC(C(=O)OC(C)(C)C)CCO3)CC2)c2ccccc21. The van der Waals surface area contributed by atoms with Gasteiger partial charge in [-0.3, -0.25) is 9.36 Å². The molecule has 9 heteroatoms. The number of hydrogen-bond donors (Lipinski definition) is 1. The second-order valence-corrected chi connectivity index (χ2v) is 11.7. The number of nitrogens with zero attached hydrogens (tertiary/aromatic N) is 3. The molecule has 2 aliphatic rings. The molecule has 2 unspecified atom stereocenters. The van der Waals surface area contributed by atoms with E-state index in [0.717, 1.165) is 38.0 Å². The van der Waals surface area contributed by atoms with E-state index in [1.54, 1.807) is 4.57 Å². The Morgan fingerprint density at radius 1 is 1.11 bits per heavy atom. The molecule has 1 N–H and O–H groups in total. The van der Waals surface area contributed by atoms with E-state index in [-0.39, 0.29) is 35.8 Å². The first-order valence-electron chi connectivity index (χ1n) is 13.6. The third-order valence-corrected chi connectivity index (χ3v) is 7.32. The number of carbonyl (C=O) groups excluding carboxylic acids is 2. The van der Waals surface area contributed by atoms with Gasteiger partial charge in [0, 0.05) is 25.7 Å². The van der Waals surface area contributed by atoms with Gasteiger partial charge in [-0.05, 0) is 91.4 Å². The third kappa shape index (κ3) is 6.62. The monoisotopic (exact) mass is 514 g/mol. The molecule has 2 saturated heterocycles. The van der Waals surface area contributed by atoms with Crippen LogP contribution in [0.1, 0.15) is 66.3 Å². The van der Waals surface area contributed by atoms with Gasteiger partial charge in [0.05, 0.1) is 23.1 Å². The van der Waals surface area contributed by atoms with Crippen LogP contribution in [0.15, 0.2) is 29.1 Å². The Morgan fingerprint density at radius 2 is 1.78 bits per heavy atom. The maximum absolute atomic E-state index is 13.0. The molecule has 2 atom stereocenters. The second-order valence-electron chi connectivity index (χ2n) is 11.7. The van der Waals surface area contributed by atoms with Gasteiger partial charge in [0.1, 0.15) is 5.60 Å². The van der Waals surface area contributed by atoms with Gasteiger partial charge >= 0.3 is 17.7 Å². The quantitative estimate of drug-likeness (QED) is 0.590. The molecule has 0 radical (unpaired) electrons. The summed E-state index contributed by atoms with van der Waals surface area (Å²) in [6.07, 6.45) is 3.37. The molecule has 2 aromatic rings. The Balaban J connectivity index is 1.26. The fourth-order valence-electron chi connectivity index (χ4n) is 5.44. The molecule has 3 heterocycles. The lowest BCUT2D eigenvalue weighted by atomic mass is 9.93. The Labute approximate surface area is 219 Å². The van der Waals surface area contributed by atoms with Crippen molar-refractivity contribution < 1.29 is 19.1 Å². The van der Waals surface area contributed by atoms with E-state index >= 15 is 0 Å². The molecule has 2 fully saturated rings. The molecule has 0 bridgehead atoms. The van der Waals surface area contributed by atoms with Gasteiger partial charge in [-0.15, -0.1) is 0 Å². The first kappa shape index (κ1) is 27.4. The molecule has 0 saturated carbocycles. The number of imidazole rings is 1. The lowest BCUT2D eigenvalue weighted by Crippen LogP contribution is -2.45. The summed E-state index contributed by atoms with van der Waals surface area (Å²) >= 11 is 0. The van der Waals surface area contributed by atoms with Crippen LogP contribution in [-0.4, -0.2) is 70.5 Å². The molecular weight excluding hydrogens is 472 g/mol. The van der Waals surface area contributed by atoms with E-state index in [9.17, 15) is 14.4 Å². The highest BCUT2D eigenvalue weighted by atomic mass is 16.6. The van der Waals surface area contributed by atoms with Crippen molar-refractivity contribution in [2.24, 2.45) is 11.8 Å². The van der Waals surface area contributed by atoms with Gasteiger partial charge < -0.3 is 19.7 Å². The molecule has 37 heavy (non-hydrogen) atoms. The van der Waals surface area contributed by atoms with E-state index < -0.39 is 5.60 Å². The van der Waals surface area contributed by atoms with Crippen LogP contribution in [0.4, 0.5) is 4.79 Å². The van der Waals surface area contributed by atoms with Crippen molar-refractivity contribution in [3.05, 3.63) is 34.7 Å². The van der Waals surface area contributed by atoms with E-state index in [2.05, 4.69) is 10.2 Å². The number of rotatable bonds is 6. The predicted octanol–water partition coefficient (Wildman–Crippen LogP) is 3.79. The van der Waals surface area contributed by atoms with Gasteiger partial charge in [-0.25, -0.2) is 14.2 Å². The van der Waals surface area contributed by atoms with E-state index in [0.29, 0.717) is 37.4 Å². The number of ether oxygens (including phenoxy) is 2. The smallest absolute Gasteiger partial charge is 0.337 e. The minimum Gasteiger partial charge on any atom is -0.460 e. The van der Waals surface area contributed by atoms with E-state index in [1.807, 2.05) is 58.9 Å². The number of esters is 1. The van der Waals surface area contributed by atoms with E-state index in [4.69, 9.17) is 9.47 Å². The van der Waals surface area contributed by atoms with Gasteiger partial charge in [0.2, 0.25) is 0 Å². The summed E-state index contributed by atoms with van der Waals surface area (Å²) in [5.74, 6) is 0.137. The topological polar surface area (TPSA) is 94.8 Å². The van der Waals surface area contributed by atoms with Crippen LogP contribution in [0.5, 0.6) is 0 Å². The van der Waals surface area contributed by atoms with Crippen molar-refractivity contribution in [1.29, 1.82) is 0 Å². The number of hydrogen-bond acceptors (Lipinski definition) is 6. The van der Waals surface area contributed by atoms with Crippen LogP contribution in [0, 0.1) is 11.8 Å². The summed E-state index contributed by atoms with van der Waals surface area (Å²) in [6, 6.07) is 7.01. The summed E-state index contributed by atoms with van der Waals surface area (Å²) in [7, 11) is 0. The summed E-state index contributed by atoms with van der Waals surface area (Å²) in [5, 5.41) is 3.00. The highest BCUT2D eigenvalue weighted by Crippen LogP contribution is 2.26. The minimum atomic E-state index is -0.471. The first-order valence-corrected chi connectivity index (χ1v) is 13.6. The van der Waals surface area contributed by atoms with Gasteiger partial charge in [-0.2, -0.15) is 0 Å². The average molecular weight is 515 g/mol. The molecule has 4 rings (SSSR count). The first-order chi connectivity index (χ1) is 17.5. The maximum Gasteiger partial charge on any atom is 0.337 e. The molecule has 9 nitrogen and oxygen atoms in total. The van der Waals surface area contributed by atoms with Crippen LogP contribution < -0.4 is 11.0 Å². The third-order valence-electron chi connectivity index (χ3n) is 7.32. The Morgan fingerprint density at radius 3 is 2.43 bits per heavy atom. The largest absolute Gasteiger partial charge is 0.460 e. The molecule has 0 spiro atoms. The number of fused-ring (bicyclic) bond motifs is 1. The lowest BCUT2D eigenvalue weighted by Gasteiger charge is -2.37. The number of nitrogens with one attached hydrogen (secondary N) is 1. The van der Waals surface area contributed by atoms with Crippen LogP contribution >= 0.6 is 0 Å². The molecule has 1 aromatic carbocycles. The highest BCUT2D eigenvalue weighted by Gasteiger charge is 2.33. The fraction of sp³-hybridized carbons (Fsp3) is 0.679. The predicted molar refractivity (Wildman–Crippen MR) is 143 cm³/mol. The van der Waals surface area contributed by atoms with Gasteiger partial charge in [0.25, 0.3) is 0 Å². The van der Waals surface area contributed by atoms with Crippen molar-refractivity contribution in [1.82, 2.24) is 19.4 Å². The van der Waals surface area contributed by atoms with Crippen LogP contribution in [0.2, 0.25) is 0 Å². The van der Waals surface area contributed by atoms with Gasteiger partial charge in [-0.1, -0.05) is 12.1 Å². The Hall–Kier alpha value is -2.65. The number of amides is 1. The molecular formula is C28H42N4O5. The van der Waals surface area contributed by atoms with Crippen LogP contribution in [0.25, 0.3) is 11.0 Å². The van der Waals surface area contributed by atoms with E-state index in [1.165, 1.54) is 4.57 Å². The Bertz CT molecular complexity index is 1150. The van der Waals surface area contributed by atoms with Crippen molar-refractivity contribution in [3.63, 3.8) is 0 Å². The minimum absolute atomic E-state index is 0.0349. The number of piperidine rings is 1. The average Bonchev–Trinajstić information content (AvgIpc) is 3.14. The van der Waals surface area contributed by atoms with Crippen molar-refractivity contribution in [3.8, 4) is 0 Å². The number of carbonyl (C=O) groups is 2. The van der Waals surface area contributed by atoms with Crippen LogP contribution in [0.3, 0.4) is 0 Å². The Kier molecular flexibility index (Phi) is 8.43. The van der Waals surface area contributed by atoms with Crippen molar-refractivity contribution in [2.75, 3.05) is 32.8 Å². The zero-order valence-corrected chi connectivity index (χ0v) is 22.9. The summed E-state index contributed by atoms with van der Waals surface area (Å²) in [5.41, 5.74) is 0.623.